The van der Waals surface area contributed by atoms with Crippen LogP contribution in [0.2, 0.25) is 0 Å². The van der Waals surface area contributed by atoms with Crippen molar-refractivity contribution < 1.29 is 14.3 Å². The lowest BCUT2D eigenvalue weighted by atomic mass is 9.45. The summed E-state index contributed by atoms with van der Waals surface area (Å²) in [5.74, 6) is 3.72. The minimum Gasteiger partial charge on any atom is -0.462 e. The third-order valence-electron chi connectivity index (χ3n) is 9.91. The molecule has 4 heteroatoms. The number of rotatable bonds is 0. The Bertz CT molecular complexity index is 622. The Labute approximate surface area is 150 Å². The van der Waals surface area contributed by atoms with E-state index in [1.54, 1.807) is 0 Å². The number of carbonyl (C=O) groups is 1. The van der Waals surface area contributed by atoms with E-state index >= 15 is 0 Å². The molecule has 2 bridgehead atoms. The highest BCUT2D eigenvalue weighted by molar-refractivity contribution is 5.72. The van der Waals surface area contributed by atoms with Crippen LogP contribution in [-0.2, 0) is 14.3 Å². The molecule has 0 radical (unpaired) electrons. The highest BCUT2D eigenvalue weighted by atomic mass is 16.6. The van der Waals surface area contributed by atoms with Crippen molar-refractivity contribution in [3.05, 3.63) is 0 Å². The van der Waals surface area contributed by atoms with Crippen molar-refractivity contribution >= 4 is 5.97 Å². The topological polar surface area (TPSA) is 47.6 Å². The molecule has 3 aliphatic carbocycles. The maximum Gasteiger partial charge on any atom is 0.306 e. The minimum atomic E-state index is 0.0521. The van der Waals surface area contributed by atoms with Crippen LogP contribution >= 0.6 is 0 Å². The van der Waals surface area contributed by atoms with Gasteiger partial charge in [0.15, 0.2) is 0 Å². The van der Waals surface area contributed by atoms with Gasteiger partial charge in [0, 0.05) is 17.9 Å². The Kier molecular flexibility index (Phi) is 2.97. The van der Waals surface area contributed by atoms with Gasteiger partial charge in [-0.3, -0.25) is 10.1 Å². The number of hydrogen-bond donors (Lipinski definition) is 1. The molecule has 3 aliphatic heterocycles. The van der Waals surface area contributed by atoms with E-state index in [1.165, 1.54) is 32.1 Å². The zero-order chi connectivity index (χ0) is 17.0. The molecular formula is C21H31NO3. The number of nitrogens with one attached hydrogen (secondary N) is 1. The molecule has 3 saturated carbocycles. The molecule has 6 aliphatic rings. The minimum absolute atomic E-state index is 0.0521. The molecule has 0 spiro atoms. The second-order valence-electron chi connectivity index (χ2n) is 10.4. The fourth-order valence-corrected chi connectivity index (χ4v) is 8.62. The first-order valence-corrected chi connectivity index (χ1v) is 10.6. The quantitative estimate of drug-likeness (QED) is 0.685. The summed E-state index contributed by atoms with van der Waals surface area (Å²) in [5.41, 5.74) is 0.672. The summed E-state index contributed by atoms with van der Waals surface area (Å²) < 4.78 is 12.1. The average molecular weight is 345 g/mol. The molecule has 0 amide bonds. The maximum atomic E-state index is 11.8. The molecule has 0 aromatic rings. The Morgan fingerprint density at radius 3 is 2.84 bits per heavy atom. The first-order valence-electron chi connectivity index (χ1n) is 10.6. The molecule has 6 rings (SSSR count). The van der Waals surface area contributed by atoms with Gasteiger partial charge in [0.25, 0.3) is 0 Å². The van der Waals surface area contributed by atoms with E-state index in [9.17, 15) is 4.79 Å². The van der Waals surface area contributed by atoms with Crippen molar-refractivity contribution in [2.75, 3.05) is 6.54 Å². The van der Waals surface area contributed by atoms with E-state index < -0.39 is 0 Å². The molecule has 8 unspecified atom stereocenters. The standard InChI is InChI=1S/C21H31NO3/c1-20-6-5-13-12(14(20)8-16-15(20)9-19(23)24-16)4-3-11-7-18-22-10-17(25-18)21(11,13)2/h11-18,22H,3-10H2,1-2H3/t11?,12?,13?,14?,15?,16?,17?,18?,20-,21-/m0/s1. The molecule has 3 heterocycles. The lowest BCUT2D eigenvalue weighted by molar-refractivity contribution is -0.193. The first-order chi connectivity index (χ1) is 12.0. The van der Waals surface area contributed by atoms with E-state index in [2.05, 4.69) is 19.2 Å². The fourth-order valence-electron chi connectivity index (χ4n) is 8.62. The van der Waals surface area contributed by atoms with Crippen molar-refractivity contribution in [2.45, 2.75) is 77.2 Å². The van der Waals surface area contributed by atoms with E-state index in [0.717, 1.165) is 36.6 Å². The zero-order valence-electron chi connectivity index (χ0n) is 15.5. The van der Waals surface area contributed by atoms with Crippen LogP contribution in [0.4, 0.5) is 0 Å². The Balaban J connectivity index is 1.35. The van der Waals surface area contributed by atoms with Crippen LogP contribution in [0.5, 0.6) is 0 Å². The van der Waals surface area contributed by atoms with Gasteiger partial charge in [-0.15, -0.1) is 0 Å². The van der Waals surface area contributed by atoms with Gasteiger partial charge >= 0.3 is 5.97 Å². The second-order valence-corrected chi connectivity index (χ2v) is 10.4. The normalized spacial score (nSPS) is 61.9. The van der Waals surface area contributed by atoms with Crippen molar-refractivity contribution in [1.82, 2.24) is 5.32 Å². The molecule has 138 valence electrons. The predicted molar refractivity (Wildman–Crippen MR) is 92.5 cm³/mol. The van der Waals surface area contributed by atoms with Gasteiger partial charge in [-0.25, -0.2) is 0 Å². The molecule has 4 nitrogen and oxygen atoms in total. The van der Waals surface area contributed by atoms with Crippen molar-refractivity contribution in [1.29, 1.82) is 0 Å². The van der Waals surface area contributed by atoms with E-state index in [0.29, 0.717) is 35.5 Å². The van der Waals surface area contributed by atoms with Crippen LogP contribution in [0.1, 0.15) is 58.8 Å². The smallest absolute Gasteiger partial charge is 0.306 e. The summed E-state index contributed by atoms with van der Waals surface area (Å²) in [5, 5.41) is 3.61. The van der Waals surface area contributed by atoms with Gasteiger partial charge in [0.2, 0.25) is 0 Å². The zero-order valence-corrected chi connectivity index (χ0v) is 15.5. The molecule has 0 aromatic carbocycles. The third kappa shape index (κ3) is 1.79. The Morgan fingerprint density at radius 2 is 1.96 bits per heavy atom. The van der Waals surface area contributed by atoms with Crippen LogP contribution in [-0.4, -0.2) is 30.9 Å². The highest BCUT2D eigenvalue weighted by Crippen LogP contribution is 2.69. The summed E-state index contributed by atoms with van der Waals surface area (Å²) in [7, 11) is 0. The van der Waals surface area contributed by atoms with Gasteiger partial charge < -0.3 is 9.47 Å². The Hall–Kier alpha value is -0.610. The summed E-state index contributed by atoms with van der Waals surface area (Å²) >= 11 is 0. The second kappa shape index (κ2) is 4.81. The number of fused-ring (bicyclic) bond motifs is 10. The van der Waals surface area contributed by atoms with Crippen LogP contribution in [0.3, 0.4) is 0 Å². The van der Waals surface area contributed by atoms with Crippen LogP contribution in [0, 0.1) is 40.4 Å². The lowest BCUT2D eigenvalue weighted by Gasteiger charge is -2.61. The molecule has 3 saturated heterocycles. The number of esters is 1. The SMILES string of the molecule is C[C@]12CCC3C(CCC4CC5NCC(O5)[C@@]43C)C1CC1OC(=O)CC12. The number of carbonyl (C=O) groups excluding carboxylic acids is 1. The molecule has 6 fully saturated rings. The van der Waals surface area contributed by atoms with Crippen molar-refractivity contribution in [2.24, 2.45) is 40.4 Å². The van der Waals surface area contributed by atoms with E-state index in [1.807, 2.05) is 0 Å². The van der Waals surface area contributed by atoms with Crippen LogP contribution < -0.4 is 5.32 Å². The van der Waals surface area contributed by atoms with Gasteiger partial charge in [-0.1, -0.05) is 13.8 Å². The van der Waals surface area contributed by atoms with E-state index in [-0.39, 0.29) is 12.1 Å². The summed E-state index contributed by atoms with van der Waals surface area (Å²) in [6.07, 6.45) is 9.32. The van der Waals surface area contributed by atoms with Crippen LogP contribution in [0.25, 0.3) is 0 Å². The highest BCUT2D eigenvalue weighted by Gasteiger charge is 2.66. The first kappa shape index (κ1) is 15.4. The summed E-state index contributed by atoms with van der Waals surface area (Å²) in [6, 6.07) is 0. The molecule has 1 N–H and O–H groups in total. The third-order valence-corrected chi connectivity index (χ3v) is 9.91. The molecular weight excluding hydrogens is 314 g/mol. The predicted octanol–water partition coefficient (Wildman–Crippen LogP) is 3.11. The van der Waals surface area contributed by atoms with Gasteiger partial charge in [0.1, 0.15) is 12.3 Å². The van der Waals surface area contributed by atoms with Crippen LogP contribution in [0.15, 0.2) is 0 Å². The molecule has 0 aromatic heterocycles. The van der Waals surface area contributed by atoms with Gasteiger partial charge in [0.05, 0.1) is 12.5 Å². The monoisotopic (exact) mass is 345 g/mol. The summed E-state index contributed by atoms with van der Waals surface area (Å²) in [4.78, 5) is 11.8. The summed E-state index contributed by atoms with van der Waals surface area (Å²) in [6.45, 7) is 6.09. The fraction of sp³-hybridized carbons (Fsp3) is 0.952. The van der Waals surface area contributed by atoms with Gasteiger partial charge in [-0.05, 0) is 67.6 Å². The maximum absolute atomic E-state index is 11.8. The largest absolute Gasteiger partial charge is 0.462 e. The van der Waals surface area contributed by atoms with E-state index in [4.69, 9.17) is 9.47 Å². The Morgan fingerprint density at radius 1 is 1.08 bits per heavy atom. The van der Waals surface area contributed by atoms with Crippen molar-refractivity contribution in [3.63, 3.8) is 0 Å². The van der Waals surface area contributed by atoms with Gasteiger partial charge in [-0.2, -0.15) is 0 Å². The average Bonchev–Trinajstić information content (AvgIpc) is 3.23. The van der Waals surface area contributed by atoms with Crippen molar-refractivity contribution in [3.8, 4) is 0 Å². The molecule has 25 heavy (non-hydrogen) atoms. The lowest BCUT2D eigenvalue weighted by Crippen LogP contribution is -2.58. The molecule has 10 atom stereocenters. The number of ether oxygens (including phenoxy) is 2. The number of hydrogen-bond acceptors (Lipinski definition) is 4.